The molecule has 0 rings (SSSR count). The van der Waals surface area contributed by atoms with E-state index in [1.54, 1.807) is 0 Å². The lowest BCUT2D eigenvalue weighted by Crippen LogP contribution is -2.03. The van der Waals surface area contributed by atoms with Crippen LogP contribution < -0.4 is 0 Å². The zero-order chi connectivity index (χ0) is 10.5. The minimum atomic E-state index is -3.11. The predicted molar refractivity (Wildman–Crippen MR) is 58.2 cm³/mol. The fourth-order valence-electron chi connectivity index (χ4n) is 0.524. The summed E-state index contributed by atoms with van der Waals surface area (Å²) in [5.41, 5.74) is 0. The number of thiol groups is 1. The van der Waals surface area contributed by atoms with Gasteiger partial charge in [-0.3, -0.25) is 0 Å². The molecule has 0 aromatic carbocycles. The summed E-state index contributed by atoms with van der Waals surface area (Å²) < 4.78 is 21.5. The van der Waals surface area contributed by atoms with Gasteiger partial charge in [-0.1, -0.05) is 39.9 Å². The van der Waals surface area contributed by atoms with Gasteiger partial charge in [-0.15, -0.1) is 0 Å². The summed E-state index contributed by atoms with van der Waals surface area (Å²) >= 11 is 3.85. The molecule has 0 aliphatic heterocycles. The van der Waals surface area contributed by atoms with Crippen molar-refractivity contribution in [1.29, 1.82) is 0 Å². The molecule has 0 N–H and O–H groups in total. The van der Waals surface area contributed by atoms with E-state index < -0.39 is 6.80 Å². The largest absolute Gasteiger partial charge is 0.386 e. The molecule has 0 unspecified atom stereocenters. The summed E-state index contributed by atoms with van der Waals surface area (Å²) in [5.74, 6) is 0.672. The molecule has 80 valence electrons. The maximum atomic E-state index is 11.4. The van der Waals surface area contributed by atoms with E-state index >= 15 is 0 Å². The van der Waals surface area contributed by atoms with Crippen LogP contribution in [0.2, 0.25) is 0 Å². The molecule has 0 saturated carbocycles. The highest BCUT2D eigenvalue weighted by molar-refractivity contribution is 8.44. The van der Waals surface area contributed by atoms with Crippen molar-refractivity contribution < 1.29 is 13.6 Å². The lowest BCUT2D eigenvalue weighted by atomic mass is 10.2. The first-order chi connectivity index (χ1) is 5.83. The van der Waals surface area contributed by atoms with Crippen LogP contribution in [0.3, 0.4) is 0 Å². The number of hydrogen-bond donors (Lipinski definition) is 1. The minimum Gasteiger partial charge on any atom is -0.301 e. The van der Waals surface area contributed by atoms with Gasteiger partial charge in [-0.2, -0.15) is 0 Å². The topological polar surface area (TPSA) is 35.5 Å². The Morgan fingerprint density at radius 2 is 1.38 bits per heavy atom. The van der Waals surface area contributed by atoms with Crippen LogP contribution in [0.15, 0.2) is 0 Å². The Morgan fingerprint density at radius 3 is 1.62 bits per heavy atom. The van der Waals surface area contributed by atoms with Crippen molar-refractivity contribution in [3.8, 4) is 0 Å². The number of hydrogen-bond acceptors (Lipinski definition) is 3. The van der Waals surface area contributed by atoms with Gasteiger partial charge in [0, 0.05) is 0 Å². The van der Waals surface area contributed by atoms with Crippen molar-refractivity contribution in [2.45, 2.75) is 27.7 Å². The second-order valence-electron chi connectivity index (χ2n) is 3.85. The van der Waals surface area contributed by atoms with Gasteiger partial charge < -0.3 is 9.05 Å². The summed E-state index contributed by atoms with van der Waals surface area (Å²) in [6, 6.07) is 0. The first-order valence-electron chi connectivity index (χ1n) is 4.45. The van der Waals surface area contributed by atoms with Gasteiger partial charge in [0.1, 0.15) is 0 Å². The highest BCUT2D eigenvalue weighted by Gasteiger charge is 2.19. The molecular weight excluding hydrogens is 207 g/mol. The van der Waals surface area contributed by atoms with E-state index in [4.69, 9.17) is 9.05 Å². The summed E-state index contributed by atoms with van der Waals surface area (Å²) in [6.07, 6.45) is 0. The maximum Gasteiger partial charge on any atom is 0.386 e. The summed E-state index contributed by atoms with van der Waals surface area (Å²) in [6.45, 7) is 5.65. The smallest absolute Gasteiger partial charge is 0.301 e. The van der Waals surface area contributed by atoms with Crippen LogP contribution in [0.4, 0.5) is 0 Å². The SMILES string of the molecule is CC(C)COP(=O)(S)OCC(C)C. The zero-order valence-electron chi connectivity index (χ0n) is 8.69. The van der Waals surface area contributed by atoms with Crippen molar-refractivity contribution in [2.75, 3.05) is 13.2 Å². The first-order valence-corrected chi connectivity index (χ1v) is 7.15. The zero-order valence-corrected chi connectivity index (χ0v) is 10.5. The molecule has 5 heteroatoms. The van der Waals surface area contributed by atoms with Crippen molar-refractivity contribution in [3.05, 3.63) is 0 Å². The summed E-state index contributed by atoms with van der Waals surface area (Å²) in [5, 5.41) is 0. The monoisotopic (exact) mass is 226 g/mol. The third-order valence-electron chi connectivity index (χ3n) is 1.14. The first kappa shape index (κ1) is 13.5. The quantitative estimate of drug-likeness (QED) is 0.557. The maximum absolute atomic E-state index is 11.4. The summed E-state index contributed by atoms with van der Waals surface area (Å²) in [4.78, 5) is 0. The second kappa shape index (κ2) is 6.07. The Bertz CT molecular complexity index is 166. The molecule has 0 bridgehead atoms. The molecule has 0 radical (unpaired) electrons. The second-order valence-corrected chi connectivity index (χ2v) is 6.77. The van der Waals surface area contributed by atoms with E-state index in [1.165, 1.54) is 0 Å². The van der Waals surface area contributed by atoms with E-state index in [2.05, 4.69) is 12.2 Å². The van der Waals surface area contributed by atoms with Crippen LogP contribution in [-0.2, 0) is 13.6 Å². The normalized spacial score (nSPS) is 12.8. The third-order valence-corrected chi connectivity index (χ3v) is 2.79. The van der Waals surface area contributed by atoms with Crippen LogP contribution in [0, 0.1) is 11.8 Å². The Morgan fingerprint density at radius 1 is 1.08 bits per heavy atom. The van der Waals surface area contributed by atoms with Gasteiger partial charge in [0.15, 0.2) is 0 Å². The molecule has 3 nitrogen and oxygen atoms in total. The van der Waals surface area contributed by atoms with Crippen molar-refractivity contribution in [2.24, 2.45) is 11.8 Å². The van der Waals surface area contributed by atoms with E-state index in [-0.39, 0.29) is 0 Å². The Balaban J connectivity index is 3.74. The molecule has 0 fully saturated rings. The molecule has 0 spiro atoms. The Hall–Kier alpha value is 0.500. The highest BCUT2D eigenvalue weighted by atomic mass is 32.7. The van der Waals surface area contributed by atoms with Crippen LogP contribution in [0.5, 0.6) is 0 Å². The fraction of sp³-hybridized carbons (Fsp3) is 1.00. The predicted octanol–water partition coefficient (Wildman–Crippen LogP) is 3.37. The van der Waals surface area contributed by atoms with Gasteiger partial charge in [-0.25, -0.2) is 4.57 Å². The van der Waals surface area contributed by atoms with E-state index in [9.17, 15) is 4.57 Å². The standard InChI is InChI=1S/C8H19O3PS/c1-7(2)5-10-12(9,13)11-6-8(3)4/h7-8H,5-6H2,1-4H3,(H,9,13). The molecular formula is C8H19O3PS. The lowest BCUT2D eigenvalue weighted by Gasteiger charge is -2.15. The Labute approximate surface area is 85.9 Å². The van der Waals surface area contributed by atoms with Gasteiger partial charge in [-0.05, 0) is 11.8 Å². The van der Waals surface area contributed by atoms with Gasteiger partial charge in [0.2, 0.25) is 0 Å². The van der Waals surface area contributed by atoms with Crippen molar-refractivity contribution >= 4 is 19.0 Å². The van der Waals surface area contributed by atoms with Crippen LogP contribution in [-0.4, -0.2) is 13.2 Å². The van der Waals surface area contributed by atoms with Crippen LogP contribution in [0.25, 0.3) is 0 Å². The van der Waals surface area contributed by atoms with Crippen molar-refractivity contribution in [1.82, 2.24) is 0 Å². The van der Waals surface area contributed by atoms with Crippen LogP contribution in [0.1, 0.15) is 27.7 Å². The fourth-order valence-corrected chi connectivity index (χ4v) is 1.97. The van der Waals surface area contributed by atoms with E-state index in [0.29, 0.717) is 25.0 Å². The molecule has 0 aliphatic carbocycles. The van der Waals surface area contributed by atoms with E-state index in [0.717, 1.165) is 0 Å². The lowest BCUT2D eigenvalue weighted by molar-refractivity contribution is 0.187. The van der Waals surface area contributed by atoms with E-state index in [1.807, 2.05) is 27.7 Å². The average Bonchev–Trinajstić information content (AvgIpc) is 1.98. The van der Waals surface area contributed by atoms with Gasteiger partial charge in [0.05, 0.1) is 13.2 Å². The average molecular weight is 226 g/mol. The molecule has 0 aromatic heterocycles. The molecule has 0 heterocycles. The van der Waals surface area contributed by atoms with Crippen molar-refractivity contribution in [3.63, 3.8) is 0 Å². The molecule has 0 aromatic rings. The number of rotatable bonds is 6. The molecule has 0 atom stereocenters. The molecule has 0 aliphatic rings. The third kappa shape index (κ3) is 8.82. The van der Waals surface area contributed by atoms with Gasteiger partial charge in [0.25, 0.3) is 0 Å². The molecule has 0 saturated heterocycles. The molecule has 0 amide bonds. The van der Waals surface area contributed by atoms with Crippen LogP contribution >= 0.6 is 19.0 Å². The summed E-state index contributed by atoms with van der Waals surface area (Å²) in [7, 11) is 0. The van der Waals surface area contributed by atoms with Gasteiger partial charge >= 0.3 is 6.80 Å². The highest BCUT2D eigenvalue weighted by Crippen LogP contribution is 2.53. The Kier molecular flexibility index (Phi) is 6.31. The minimum absolute atomic E-state index is 0.336. The molecule has 13 heavy (non-hydrogen) atoms.